The molecule has 6 heteroatoms. The molecule has 122 valence electrons. The van der Waals surface area contributed by atoms with Gasteiger partial charge < -0.3 is 19.7 Å². The van der Waals surface area contributed by atoms with Gasteiger partial charge in [0.2, 0.25) is 0 Å². The van der Waals surface area contributed by atoms with Gasteiger partial charge in [0.1, 0.15) is 5.82 Å². The Hall–Kier alpha value is -2.50. The second kappa shape index (κ2) is 7.17. The van der Waals surface area contributed by atoms with E-state index in [-0.39, 0.29) is 0 Å². The second-order valence-electron chi connectivity index (χ2n) is 5.66. The van der Waals surface area contributed by atoms with Crippen LogP contribution in [0.2, 0.25) is 0 Å². The molecule has 23 heavy (non-hydrogen) atoms. The number of piperazine rings is 1. The first-order valence-corrected chi connectivity index (χ1v) is 7.99. The minimum atomic E-state index is 0.690. The van der Waals surface area contributed by atoms with E-state index in [1.165, 1.54) is 5.69 Å². The van der Waals surface area contributed by atoms with Crippen molar-refractivity contribution in [3.8, 4) is 0 Å². The fraction of sp³-hybridized carbons (Fsp3) is 0.412. The van der Waals surface area contributed by atoms with Gasteiger partial charge in [0.15, 0.2) is 5.96 Å². The summed E-state index contributed by atoms with van der Waals surface area (Å²) in [6.07, 6.45) is 3.77. The summed E-state index contributed by atoms with van der Waals surface area (Å²) in [6, 6.07) is 10.6. The molecule has 1 aromatic heterocycles. The summed E-state index contributed by atoms with van der Waals surface area (Å²) >= 11 is 0. The standard InChI is InChI=1S/C17H24N6/c1-18-17(20-14-16-19-8-9-21(16)2)23-12-10-22(11-13-23)15-6-4-3-5-7-15/h3-9H,10-14H2,1-2H3,(H,18,20). The van der Waals surface area contributed by atoms with Crippen LogP contribution in [0, 0.1) is 0 Å². The molecule has 0 unspecified atom stereocenters. The van der Waals surface area contributed by atoms with Gasteiger partial charge in [-0.1, -0.05) is 18.2 Å². The van der Waals surface area contributed by atoms with E-state index in [1.54, 1.807) is 0 Å². The fourth-order valence-corrected chi connectivity index (χ4v) is 2.87. The average Bonchev–Trinajstić information content (AvgIpc) is 3.02. The van der Waals surface area contributed by atoms with Crippen molar-refractivity contribution in [1.29, 1.82) is 0 Å². The van der Waals surface area contributed by atoms with Gasteiger partial charge >= 0.3 is 0 Å². The molecular formula is C17H24N6. The van der Waals surface area contributed by atoms with Crippen molar-refractivity contribution in [1.82, 2.24) is 19.8 Å². The maximum Gasteiger partial charge on any atom is 0.194 e. The van der Waals surface area contributed by atoms with E-state index in [0.717, 1.165) is 38.0 Å². The minimum Gasteiger partial charge on any atom is -0.368 e. The molecule has 0 saturated carbocycles. The average molecular weight is 312 g/mol. The monoisotopic (exact) mass is 312 g/mol. The lowest BCUT2D eigenvalue weighted by atomic mass is 10.2. The van der Waals surface area contributed by atoms with E-state index in [9.17, 15) is 0 Å². The van der Waals surface area contributed by atoms with Crippen LogP contribution >= 0.6 is 0 Å². The Labute approximate surface area is 137 Å². The summed E-state index contributed by atoms with van der Waals surface area (Å²) in [5.74, 6) is 1.95. The quantitative estimate of drug-likeness (QED) is 0.686. The molecule has 1 aromatic carbocycles. The number of nitrogens with zero attached hydrogens (tertiary/aromatic N) is 5. The molecule has 6 nitrogen and oxygen atoms in total. The number of para-hydroxylation sites is 1. The number of hydrogen-bond acceptors (Lipinski definition) is 3. The number of rotatable bonds is 3. The zero-order valence-corrected chi connectivity index (χ0v) is 13.8. The Balaban J connectivity index is 1.54. The Morgan fingerprint density at radius 2 is 1.91 bits per heavy atom. The number of aromatic nitrogens is 2. The predicted octanol–water partition coefficient (Wildman–Crippen LogP) is 1.32. The van der Waals surface area contributed by atoms with Crippen LogP contribution in [-0.2, 0) is 13.6 Å². The number of hydrogen-bond donors (Lipinski definition) is 1. The Morgan fingerprint density at radius 1 is 1.17 bits per heavy atom. The number of anilines is 1. The maximum absolute atomic E-state index is 4.41. The molecule has 1 N–H and O–H groups in total. The molecule has 0 spiro atoms. The lowest BCUT2D eigenvalue weighted by molar-refractivity contribution is 0.372. The van der Waals surface area contributed by atoms with Gasteiger partial charge in [0, 0.05) is 58.4 Å². The van der Waals surface area contributed by atoms with Crippen LogP contribution < -0.4 is 10.2 Å². The molecule has 0 aliphatic carbocycles. The number of aryl methyl sites for hydroxylation is 1. The Bertz CT molecular complexity index is 640. The van der Waals surface area contributed by atoms with E-state index < -0.39 is 0 Å². The van der Waals surface area contributed by atoms with E-state index in [0.29, 0.717) is 6.54 Å². The van der Waals surface area contributed by atoms with Crippen LogP contribution in [0.4, 0.5) is 5.69 Å². The predicted molar refractivity (Wildman–Crippen MR) is 93.6 cm³/mol. The van der Waals surface area contributed by atoms with E-state index >= 15 is 0 Å². The van der Waals surface area contributed by atoms with Gasteiger partial charge in [-0.05, 0) is 12.1 Å². The third-order valence-electron chi connectivity index (χ3n) is 4.24. The van der Waals surface area contributed by atoms with Gasteiger partial charge in [-0.15, -0.1) is 0 Å². The lowest BCUT2D eigenvalue weighted by Gasteiger charge is -2.37. The van der Waals surface area contributed by atoms with Gasteiger partial charge in [-0.2, -0.15) is 0 Å². The largest absolute Gasteiger partial charge is 0.368 e. The molecule has 0 bridgehead atoms. The van der Waals surface area contributed by atoms with E-state index in [4.69, 9.17) is 0 Å². The van der Waals surface area contributed by atoms with Crippen LogP contribution in [0.1, 0.15) is 5.82 Å². The van der Waals surface area contributed by atoms with Crippen molar-refractivity contribution in [3.63, 3.8) is 0 Å². The zero-order chi connectivity index (χ0) is 16.1. The van der Waals surface area contributed by atoms with Crippen molar-refractivity contribution >= 4 is 11.6 Å². The van der Waals surface area contributed by atoms with Gasteiger partial charge in [-0.25, -0.2) is 4.98 Å². The summed E-state index contributed by atoms with van der Waals surface area (Å²) < 4.78 is 2.02. The van der Waals surface area contributed by atoms with Crippen LogP contribution in [0.25, 0.3) is 0 Å². The molecule has 3 rings (SSSR count). The SMILES string of the molecule is CN=C(NCc1nccn1C)N1CCN(c2ccccc2)CC1. The van der Waals surface area contributed by atoms with Gasteiger partial charge in [0.05, 0.1) is 6.54 Å². The minimum absolute atomic E-state index is 0.690. The Morgan fingerprint density at radius 3 is 2.52 bits per heavy atom. The van der Waals surface area contributed by atoms with Crippen molar-refractivity contribution in [2.45, 2.75) is 6.54 Å². The van der Waals surface area contributed by atoms with E-state index in [2.05, 4.69) is 55.4 Å². The van der Waals surface area contributed by atoms with E-state index in [1.807, 2.05) is 31.1 Å². The molecule has 0 amide bonds. The Kier molecular flexibility index (Phi) is 4.80. The van der Waals surface area contributed by atoms with Crippen molar-refractivity contribution in [2.24, 2.45) is 12.0 Å². The van der Waals surface area contributed by atoms with Crippen LogP contribution in [0.15, 0.2) is 47.7 Å². The van der Waals surface area contributed by atoms with Crippen molar-refractivity contribution in [3.05, 3.63) is 48.5 Å². The molecule has 2 aromatic rings. The second-order valence-corrected chi connectivity index (χ2v) is 5.66. The number of aliphatic imine (C=N–C) groups is 1. The normalized spacial score (nSPS) is 15.8. The summed E-state index contributed by atoms with van der Waals surface area (Å²) in [5, 5.41) is 3.41. The molecule has 1 fully saturated rings. The highest BCUT2D eigenvalue weighted by Crippen LogP contribution is 2.15. The molecule has 0 atom stereocenters. The number of benzene rings is 1. The molecule has 1 saturated heterocycles. The fourth-order valence-electron chi connectivity index (χ4n) is 2.87. The van der Waals surface area contributed by atoms with Crippen LogP contribution in [-0.4, -0.2) is 53.6 Å². The van der Waals surface area contributed by atoms with Crippen LogP contribution in [0.3, 0.4) is 0 Å². The lowest BCUT2D eigenvalue weighted by Crippen LogP contribution is -2.52. The summed E-state index contributed by atoms with van der Waals surface area (Å²) in [7, 11) is 3.84. The molecule has 0 radical (unpaired) electrons. The summed E-state index contributed by atoms with van der Waals surface area (Å²) in [6.45, 7) is 4.64. The summed E-state index contributed by atoms with van der Waals surface area (Å²) in [4.78, 5) is 13.5. The van der Waals surface area contributed by atoms with Crippen molar-refractivity contribution < 1.29 is 0 Å². The first kappa shape index (κ1) is 15.4. The highest BCUT2D eigenvalue weighted by molar-refractivity contribution is 5.80. The number of nitrogens with one attached hydrogen (secondary N) is 1. The first-order chi connectivity index (χ1) is 11.3. The smallest absolute Gasteiger partial charge is 0.194 e. The number of imidazole rings is 1. The summed E-state index contributed by atoms with van der Waals surface area (Å²) in [5.41, 5.74) is 1.29. The maximum atomic E-state index is 4.41. The molecule has 2 heterocycles. The zero-order valence-electron chi connectivity index (χ0n) is 13.8. The van der Waals surface area contributed by atoms with Crippen LogP contribution in [0.5, 0.6) is 0 Å². The molecule has 1 aliphatic heterocycles. The third-order valence-corrected chi connectivity index (χ3v) is 4.24. The highest BCUT2D eigenvalue weighted by atomic mass is 15.3. The third kappa shape index (κ3) is 3.64. The molecule has 1 aliphatic rings. The number of guanidine groups is 1. The first-order valence-electron chi connectivity index (χ1n) is 7.99. The molecular weight excluding hydrogens is 288 g/mol. The van der Waals surface area contributed by atoms with Crippen molar-refractivity contribution in [2.75, 3.05) is 38.1 Å². The topological polar surface area (TPSA) is 48.7 Å². The van der Waals surface area contributed by atoms with Gasteiger partial charge in [0.25, 0.3) is 0 Å². The van der Waals surface area contributed by atoms with Gasteiger partial charge in [-0.3, -0.25) is 4.99 Å². The highest BCUT2D eigenvalue weighted by Gasteiger charge is 2.19.